The molecule has 0 amide bonds. The second-order valence-corrected chi connectivity index (χ2v) is 17.4. The Morgan fingerprint density at radius 3 is 1.20 bits per heavy atom. The summed E-state index contributed by atoms with van der Waals surface area (Å²) in [6.07, 6.45) is 0. The molecule has 0 unspecified atom stereocenters. The van der Waals surface area contributed by atoms with Crippen molar-refractivity contribution in [1.29, 1.82) is 0 Å². The minimum atomic E-state index is -0.425. The Morgan fingerprint density at radius 2 is 0.841 bits per heavy atom. The zero-order chi connectivity index (χ0) is 30.9. The molecule has 222 valence electrons. The second-order valence-electron chi connectivity index (χ2n) is 10.5. The summed E-state index contributed by atoms with van der Waals surface area (Å²) in [7, 11) is 2.81. The predicted molar refractivity (Wildman–Crippen MR) is 192 cm³/mol. The van der Waals surface area contributed by atoms with Crippen LogP contribution in [-0.2, 0) is 9.47 Å². The van der Waals surface area contributed by atoms with Gasteiger partial charge in [0.05, 0.1) is 25.3 Å². The monoisotopic (exact) mass is 690 g/mol. The lowest BCUT2D eigenvalue weighted by atomic mass is 9.86. The Balaban J connectivity index is 1.39. The van der Waals surface area contributed by atoms with Gasteiger partial charge in [-0.05, 0) is 87.4 Å². The second kappa shape index (κ2) is 11.3. The fourth-order valence-corrected chi connectivity index (χ4v) is 12.7. The third kappa shape index (κ3) is 4.88. The van der Waals surface area contributed by atoms with Crippen molar-refractivity contribution < 1.29 is 19.1 Å². The summed E-state index contributed by atoms with van der Waals surface area (Å²) in [6, 6.07) is 17.2. The molecule has 10 heteroatoms. The minimum Gasteiger partial charge on any atom is -0.465 e. The van der Waals surface area contributed by atoms with Crippen LogP contribution in [0.3, 0.4) is 0 Å². The standard InChI is InChI=1S/C34H26O4S6/c1-15-11-23-27(39-15)13-25(43-23)19-7-9-21(41-19)29-17(3)32(34(36)38-6)30(18(4)31(29)33(35)37-5)22-10-8-20(42-22)26-14-28-24(44-26)12-16(2)40-28/h7-14H,1-6H3. The van der Waals surface area contributed by atoms with E-state index < -0.39 is 11.9 Å². The average molecular weight is 691 g/mol. The molecule has 1 aromatic carbocycles. The third-order valence-electron chi connectivity index (χ3n) is 7.63. The van der Waals surface area contributed by atoms with Crippen LogP contribution in [0, 0.1) is 27.7 Å². The van der Waals surface area contributed by atoms with Gasteiger partial charge in [0.2, 0.25) is 0 Å². The van der Waals surface area contributed by atoms with Crippen LogP contribution in [0.1, 0.15) is 41.6 Å². The molecule has 0 N–H and O–H groups in total. The molecule has 0 spiro atoms. The zero-order valence-corrected chi connectivity index (χ0v) is 29.6. The number of benzene rings is 1. The molecule has 44 heavy (non-hydrogen) atoms. The Morgan fingerprint density at radius 1 is 0.477 bits per heavy atom. The molecule has 7 rings (SSSR count). The summed E-state index contributed by atoms with van der Waals surface area (Å²) in [6.45, 7) is 8.07. The van der Waals surface area contributed by atoms with Gasteiger partial charge in [-0.2, -0.15) is 0 Å². The van der Waals surface area contributed by atoms with Crippen molar-refractivity contribution in [1.82, 2.24) is 0 Å². The number of methoxy groups -OCH3 is 2. The van der Waals surface area contributed by atoms with Crippen LogP contribution in [0.5, 0.6) is 0 Å². The molecule has 6 aromatic heterocycles. The number of ether oxygens (including phenoxy) is 2. The smallest absolute Gasteiger partial charge is 0.338 e. The van der Waals surface area contributed by atoms with Crippen molar-refractivity contribution in [2.75, 3.05) is 14.2 Å². The van der Waals surface area contributed by atoms with Crippen LogP contribution in [0.15, 0.2) is 48.5 Å². The van der Waals surface area contributed by atoms with E-state index >= 15 is 0 Å². The predicted octanol–water partition coefficient (Wildman–Crippen LogP) is 11.8. The maximum absolute atomic E-state index is 13.5. The quantitative estimate of drug-likeness (QED) is 0.163. The highest BCUT2D eigenvalue weighted by atomic mass is 32.1. The Bertz CT molecular complexity index is 2020. The molecule has 0 saturated carbocycles. The molecule has 0 aliphatic carbocycles. The highest BCUT2D eigenvalue weighted by Crippen LogP contribution is 2.49. The van der Waals surface area contributed by atoms with Gasteiger partial charge in [0.25, 0.3) is 0 Å². The van der Waals surface area contributed by atoms with E-state index in [0.717, 1.165) is 30.6 Å². The van der Waals surface area contributed by atoms with Gasteiger partial charge in [-0.25, -0.2) is 9.59 Å². The fourth-order valence-electron chi connectivity index (χ4n) is 5.70. The van der Waals surface area contributed by atoms with Crippen LogP contribution >= 0.6 is 68.0 Å². The normalized spacial score (nSPS) is 11.6. The molecule has 0 bridgehead atoms. The zero-order valence-electron chi connectivity index (χ0n) is 24.7. The van der Waals surface area contributed by atoms with Crippen LogP contribution in [0.4, 0.5) is 0 Å². The summed E-state index contributed by atoms with van der Waals surface area (Å²) in [4.78, 5) is 36.1. The summed E-state index contributed by atoms with van der Waals surface area (Å²) in [5.74, 6) is -0.850. The first kappa shape index (κ1) is 29.6. The number of carbonyl (C=O) groups is 2. The van der Waals surface area contributed by atoms with Gasteiger partial charge in [0, 0.05) is 68.9 Å². The molecular weight excluding hydrogens is 665 g/mol. The number of fused-ring (bicyclic) bond motifs is 2. The number of carbonyl (C=O) groups excluding carboxylic acids is 2. The first-order chi connectivity index (χ1) is 21.2. The van der Waals surface area contributed by atoms with Crippen LogP contribution in [0.2, 0.25) is 0 Å². The van der Waals surface area contributed by atoms with E-state index in [0.29, 0.717) is 22.3 Å². The molecular formula is C34H26O4S6. The summed E-state index contributed by atoms with van der Waals surface area (Å²) in [5, 5.41) is 0. The van der Waals surface area contributed by atoms with E-state index in [9.17, 15) is 9.59 Å². The van der Waals surface area contributed by atoms with E-state index in [-0.39, 0.29) is 0 Å². The number of aryl methyl sites for hydroxylation is 2. The Kier molecular flexibility index (Phi) is 7.63. The average Bonchev–Trinajstić information content (AvgIpc) is 3.82. The van der Waals surface area contributed by atoms with Crippen LogP contribution in [0.25, 0.3) is 59.2 Å². The van der Waals surface area contributed by atoms with Crippen molar-refractivity contribution >= 4 is 98.8 Å². The molecule has 4 nitrogen and oxygen atoms in total. The number of rotatable bonds is 6. The van der Waals surface area contributed by atoms with Gasteiger partial charge in [0.15, 0.2) is 0 Å². The van der Waals surface area contributed by atoms with Gasteiger partial charge in [-0.1, -0.05) is 0 Å². The largest absolute Gasteiger partial charge is 0.465 e. The summed E-state index contributed by atoms with van der Waals surface area (Å²) in [5.41, 5.74) is 3.80. The van der Waals surface area contributed by atoms with Gasteiger partial charge in [-0.3, -0.25) is 0 Å². The van der Waals surface area contributed by atoms with Crippen molar-refractivity contribution in [2.45, 2.75) is 27.7 Å². The van der Waals surface area contributed by atoms with E-state index in [4.69, 9.17) is 9.47 Å². The van der Waals surface area contributed by atoms with Gasteiger partial charge < -0.3 is 9.47 Å². The summed E-state index contributed by atoms with van der Waals surface area (Å²) < 4.78 is 15.8. The lowest BCUT2D eigenvalue weighted by molar-refractivity contribution is 0.0586. The molecule has 6 heterocycles. The van der Waals surface area contributed by atoms with Gasteiger partial charge in [0.1, 0.15) is 0 Å². The Hall–Kier alpha value is -3.12. The lowest BCUT2D eigenvalue weighted by Gasteiger charge is -2.21. The molecule has 0 aliphatic rings. The summed E-state index contributed by atoms with van der Waals surface area (Å²) >= 11 is 10.4. The van der Waals surface area contributed by atoms with Crippen molar-refractivity contribution in [3.05, 3.63) is 80.5 Å². The molecule has 0 fully saturated rings. The molecule has 0 radical (unpaired) electrons. The van der Waals surface area contributed by atoms with E-state index in [2.05, 4.69) is 50.2 Å². The first-order valence-electron chi connectivity index (χ1n) is 13.7. The van der Waals surface area contributed by atoms with Crippen molar-refractivity contribution in [3.63, 3.8) is 0 Å². The molecule has 0 saturated heterocycles. The van der Waals surface area contributed by atoms with Gasteiger partial charge >= 0.3 is 11.9 Å². The molecule has 7 aromatic rings. The van der Waals surface area contributed by atoms with Crippen molar-refractivity contribution in [3.8, 4) is 40.4 Å². The maximum atomic E-state index is 13.5. The number of esters is 2. The van der Waals surface area contributed by atoms with E-state index in [1.54, 1.807) is 68.0 Å². The van der Waals surface area contributed by atoms with Crippen molar-refractivity contribution in [2.24, 2.45) is 0 Å². The van der Waals surface area contributed by atoms with Gasteiger partial charge in [-0.15, -0.1) is 68.0 Å². The van der Waals surface area contributed by atoms with Crippen LogP contribution < -0.4 is 0 Å². The number of thiophene rings is 6. The van der Waals surface area contributed by atoms with Crippen LogP contribution in [-0.4, -0.2) is 26.2 Å². The number of hydrogen-bond donors (Lipinski definition) is 0. The molecule has 0 atom stereocenters. The minimum absolute atomic E-state index is 0.425. The highest BCUT2D eigenvalue weighted by Gasteiger charge is 2.31. The SMILES string of the molecule is COC(=O)c1c(C)c(-c2ccc(-c3cc4sc(C)cc4s3)s2)c(C(=O)OC)c(C)c1-c1ccc(-c2cc3sc(C)cc3s2)s1. The topological polar surface area (TPSA) is 52.6 Å². The molecule has 0 aliphatic heterocycles. The maximum Gasteiger partial charge on any atom is 0.338 e. The third-order valence-corrected chi connectivity index (χ3v) is 14.6. The number of hydrogen-bond acceptors (Lipinski definition) is 10. The Labute approximate surface area is 278 Å². The first-order valence-corrected chi connectivity index (χ1v) is 18.6. The lowest BCUT2D eigenvalue weighted by Crippen LogP contribution is -2.14. The van der Waals surface area contributed by atoms with E-state index in [1.165, 1.54) is 52.5 Å². The van der Waals surface area contributed by atoms with E-state index in [1.807, 2.05) is 26.0 Å². The highest BCUT2D eigenvalue weighted by molar-refractivity contribution is 7.32. The fraction of sp³-hybridized carbons (Fsp3) is 0.176.